The molecule has 0 saturated carbocycles. The zero-order valence-electron chi connectivity index (χ0n) is 7.95. The number of imidazole rings is 1. The number of benzene rings is 1. The van der Waals surface area contributed by atoms with E-state index in [9.17, 15) is 0 Å². The highest BCUT2D eigenvalue weighted by Gasteiger charge is 2.05. The van der Waals surface area contributed by atoms with Gasteiger partial charge in [0.25, 0.3) is 0 Å². The number of aromatic nitrogens is 2. The lowest BCUT2D eigenvalue weighted by molar-refractivity contribution is 0.424. The van der Waals surface area contributed by atoms with Gasteiger partial charge in [-0.15, -0.1) is 0 Å². The first kappa shape index (κ1) is 10.5. The molecule has 0 fully saturated rings. The molecule has 0 amide bonds. The largest absolute Gasteiger partial charge is 0.425 e. The molecule has 0 atom stereocenters. The third-order valence-corrected chi connectivity index (χ3v) is 2.46. The Morgan fingerprint density at radius 2 is 2.00 bits per heavy atom. The van der Waals surface area contributed by atoms with Gasteiger partial charge in [0.1, 0.15) is 10.4 Å². The number of aryl methyl sites for hydroxylation is 1. The van der Waals surface area contributed by atoms with E-state index in [0.717, 1.165) is 4.60 Å². The van der Waals surface area contributed by atoms with Crippen LogP contribution in [0, 0.1) is 0 Å². The van der Waals surface area contributed by atoms with Crippen molar-refractivity contribution in [1.29, 1.82) is 0 Å². The normalized spacial score (nSPS) is 10.3. The molecule has 2 rings (SSSR count). The minimum atomic E-state index is 0.532. The van der Waals surface area contributed by atoms with E-state index in [0.29, 0.717) is 16.8 Å². The second kappa shape index (κ2) is 4.24. The van der Waals surface area contributed by atoms with Crippen molar-refractivity contribution in [2.75, 3.05) is 0 Å². The Morgan fingerprint density at radius 1 is 1.33 bits per heavy atom. The molecular formula is C10H8BrClN2O. The van der Waals surface area contributed by atoms with Gasteiger partial charge in [0.2, 0.25) is 0 Å². The molecule has 5 heteroatoms. The maximum atomic E-state index is 5.77. The van der Waals surface area contributed by atoms with Gasteiger partial charge in [-0.1, -0.05) is 11.6 Å². The number of hydrogen-bond acceptors (Lipinski definition) is 2. The van der Waals surface area contributed by atoms with Crippen molar-refractivity contribution in [3.05, 3.63) is 40.1 Å². The lowest BCUT2D eigenvalue weighted by Crippen LogP contribution is -1.92. The predicted molar refractivity (Wildman–Crippen MR) is 62.4 cm³/mol. The van der Waals surface area contributed by atoms with Gasteiger partial charge >= 0.3 is 6.01 Å². The maximum absolute atomic E-state index is 5.77. The van der Waals surface area contributed by atoms with E-state index in [-0.39, 0.29) is 0 Å². The van der Waals surface area contributed by atoms with Crippen molar-refractivity contribution in [3.8, 4) is 11.8 Å². The summed E-state index contributed by atoms with van der Waals surface area (Å²) in [7, 11) is 1.86. The molecule has 0 unspecified atom stereocenters. The zero-order chi connectivity index (χ0) is 10.8. The topological polar surface area (TPSA) is 27.1 Å². The Hall–Kier alpha value is -1.00. The van der Waals surface area contributed by atoms with Crippen LogP contribution in [-0.2, 0) is 7.05 Å². The van der Waals surface area contributed by atoms with E-state index in [2.05, 4.69) is 20.9 Å². The van der Waals surface area contributed by atoms with Crippen LogP contribution in [0.5, 0.6) is 11.8 Å². The van der Waals surface area contributed by atoms with Crippen LogP contribution >= 0.6 is 27.5 Å². The first-order valence-electron chi connectivity index (χ1n) is 4.27. The van der Waals surface area contributed by atoms with Gasteiger partial charge in [-0.05, 0) is 40.2 Å². The minimum absolute atomic E-state index is 0.532. The quantitative estimate of drug-likeness (QED) is 0.843. The molecule has 15 heavy (non-hydrogen) atoms. The third kappa shape index (κ3) is 2.52. The summed E-state index contributed by atoms with van der Waals surface area (Å²) in [6, 6.07) is 7.67. The van der Waals surface area contributed by atoms with Gasteiger partial charge in [-0.3, -0.25) is 0 Å². The van der Waals surface area contributed by atoms with Crippen molar-refractivity contribution in [2.24, 2.45) is 7.05 Å². The summed E-state index contributed by atoms with van der Waals surface area (Å²) >= 11 is 9.04. The number of halogens is 2. The number of ether oxygens (including phenoxy) is 1. The highest BCUT2D eigenvalue weighted by molar-refractivity contribution is 9.10. The summed E-state index contributed by atoms with van der Waals surface area (Å²) in [5.74, 6) is 0.709. The van der Waals surface area contributed by atoms with Crippen molar-refractivity contribution in [2.45, 2.75) is 0 Å². The van der Waals surface area contributed by atoms with Crippen molar-refractivity contribution >= 4 is 27.5 Å². The van der Waals surface area contributed by atoms with E-state index in [1.54, 1.807) is 28.8 Å². The molecule has 0 aliphatic carbocycles. The van der Waals surface area contributed by atoms with Gasteiger partial charge < -0.3 is 9.30 Å². The summed E-state index contributed by atoms with van der Waals surface area (Å²) in [5, 5.41) is 0.684. The molecule has 0 N–H and O–H groups in total. The summed E-state index contributed by atoms with van der Waals surface area (Å²) < 4.78 is 8.08. The minimum Gasteiger partial charge on any atom is -0.425 e. The molecule has 0 radical (unpaired) electrons. The molecule has 3 nitrogen and oxygen atoms in total. The van der Waals surface area contributed by atoms with Gasteiger partial charge in [0.05, 0.1) is 0 Å². The fourth-order valence-corrected chi connectivity index (χ4v) is 1.70. The first-order chi connectivity index (χ1) is 7.15. The molecule has 0 saturated heterocycles. The smallest absolute Gasteiger partial charge is 0.302 e. The zero-order valence-corrected chi connectivity index (χ0v) is 10.3. The number of rotatable bonds is 2. The van der Waals surface area contributed by atoms with Crippen LogP contribution in [0.25, 0.3) is 0 Å². The predicted octanol–water partition coefficient (Wildman–Crippen LogP) is 3.63. The highest BCUT2D eigenvalue weighted by atomic mass is 79.9. The van der Waals surface area contributed by atoms with Crippen LogP contribution in [0.2, 0.25) is 5.02 Å². The van der Waals surface area contributed by atoms with Crippen molar-refractivity contribution in [1.82, 2.24) is 9.55 Å². The van der Waals surface area contributed by atoms with Crippen LogP contribution < -0.4 is 4.74 Å². The Morgan fingerprint density at radius 3 is 2.53 bits per heavy atom. The van der Waals surface area contributed by atoms with Crippen LogP contribution in [0.3, 0.4) is 0 Å². The van der Waals surface area contributed by atoms with Crippen LogP contribution in [-0.4, -0.2) is 9.55 Å². The Kier molecular flexibility index (Phi) is 2.98. The summed E-state index contributed by atoms with van der Waals surface area (Å²) in [4.78, 5) is 4.15. The Balaban J connectivity index is 2.21. The average molecular weight is 288 g/mol. The van der Waals surface area contributed by atoms with E-state index in [1.807, 2.05) is 13.2 Å². The van der Waals surface area contributed by atoms with E-state index < -0.39 is 0 Å². The fraction of sp³-hybridized carbons (Fsp3) is 0.100. The average Bonchev–Trinajstić information content (AvgIpc) is 2.49. The summed E-state index contributed by atoms with van der Waals surface area (Å²) in [6.07, 6.45) is 1.82. The fourth-order valence-electron chi connectivity index (χ4n) is 1.12. The third-order valence-electron chi connectivity index (χ3n) is 1.83. The van der Waals surface area contributed by atoms with Gasteiger partial charge in [0.15, 0.2) is 0 Å². The van der Waals surface area contributed by atoms with Crippen molar-refractivity contribution in [3.63, 3.8) is 0 Å². The molecule has 78 valence electrons. The van der Waals surface area contributed by atoms with Crippen molar-refractivity contribution < 1.29 is 4.74 Å². The Labute approximate surface area is 101 Å². The first-order valence-corrected chi connectivity index (χ1v) is 5.44. The molecule has 0 aliphatic heterocycles. The second-order valence-corrected chi connectivity index (χ2v) is 4.26. The lowest BCUT2D eigenvalue weighted by Gasteiger charge is -2.03. The monoisotopic (exact) mass is 286 g/mol. The number of nitrogens with zero attached hydrogens (tertiary/aromatic N) is 2. The molecule has 0 spiro atoms. The highest BCUT2D eigenvalue weighted by Crippen LogP contribution is 2.23. The van der Waals surface area contributed by atoms with E-state index >= 15 is 0 Å². The molecule has 1 heterocycles. The van der Waals surface area contributed by atoms with Crippen LogP contribution in [0.15, 0.2) is 35.1 Å². The molecule has 2 aromatic rings. The SMILES string of the molecule is Cn1cc(Br)nc1Oc1ccc(Cl)cc1. The number of hydrogen-bond donors (Lipinski definition) is 0. The second-order valence-electron chi connectivity index (χ2n) is 3.01. The standard InChI is InChI=1S/C10H8BrClN2O/c1-14-6-9(11)13-10(14)15-8-4-2-7(12)3-5-8/h2-6H,1H3. The Bertz CT molecular complexity index is 467. The summed E-state index contributed by atoms with van der Waals surface area (Å²) in [6.45, 7) is 0. The van der Waals surface area contributed by atoms with Gasteiger partial charge in [-0.2, -0.15) is 4.98 Å². The van der Waals surface area contributed by atoms with Gasteiger partial charge in [0, 0.05) is 18.3 Å². The summed E-state index contributed by atoms with van der Waals surface area (Å²) in [5.41, 5.74) is 0. The maximum Gasteiger partial charge on any atom is 0.302 e. The molecule has 1 aromatic heterocycles. The molecule has 0 aliphatic rings. The van der Waals surface area contributed by atoms with Crippen LogP contribution in [0.4, 0.5) is 0 Å². The van der Waals surface area contributed by atoms with E-state index in [4.69, 9.17) is 16.3 Å². The molecule has 0 bridgehead atoms. The lowest BCUT2D eigenvalue weighted by atomic mass is 10.3. The van der Waals surface area contributed by atoms with Crippen LogP contribution in [0.1, 0.15) is 0 Å². The molecular weight excluding hydrogens is 279 g/mol. The molecule has 1 aromatic carbocycles. The van der Waals surface area contributed by atoms with E-state index in [1.165, 1.54) is 0 Å². The van der Waals surface area contributed by atoms with Gasteiger partial charge in [-0.25, -0.2) is 0 Å².